The molecule has 0 spiro atoms. The predicted molar refractivity (Wildman–Crippen MR) is 109 cm³/mol. The van der Waals surface area contributed by atoms with E-state index >= 15 is 0 Å². The first-order valence-corrected chi connectivity index (χ1v) is 10.1. The number of hydrogen-bond donors (Lipinski definition) is 0. The van der Waals surface area contributed by atoms with Gasteiger partial charge in [0.15, 0.2) is 0 Å². The molecule has 0 amide bonds. The van der Waals surface area contributed by atoms with E-state index < -0.39 is 10.0 Å². The number of anilines is 1. The summed E-state index contributed by atoms with van der Waals surface area (Å²) in [5.74, 6) is 0.620. The minimum Gasteiger partial charge on any atom is -0.497 e. The molecule has 0 aliphatic rings. The van der Waals surface area contributed by atoms with Crippen LogP contribution in [0.25, 0.3) is 0 Å². The zero-order valence-electron chi connectivity index (χ0n) is 15.7. The Labute approximate surface area is 161 Å². The van der Waals surface area contributed by atoms with E-state index in [9.17, 15) is 8.42 Å². The van der Waals surface area contributed by atoms with Gasteiger partial charge in [-0.3, -0.25) is 4.31 Å². The van der Waals surface area contributed by atoms with Crippen LogP contribution in [0.5, 0.6) is 5.75 Å². The lowest BCUT2D eigenvalue weighted by Crippen LogP contribution is -2.30. The van der Waals surface area contributed by atoms with E-state index in [4.69, 9.17) is 4.74 Å². The van der Waals surface area contributed by atoms with Crippen LogP contribution in [0.3, 0.4) is 0 Å². The van der Waals surface area contributed by atoms with E-state index in [0.717, 1.165) is 16.7 Å². The first kappa shape index (κ1) is 19.0. The van der Waals surface area contributed by atoms with Gasteiger partial charge in [0.2, 0.25) is 0 Å². The normalized spacial score (nSPS) is 11.2. The molecule has 0 aromatic heterocycles. The van der Waals surface area contributed by atoms with Crippen LogP contribution < -0.4 is 9.04 Å². The molecule has 0 aliphatic heterocycles. The van der Waals surface area contributed by atoms with Gasteiger partial charge in [0.1, 0.15) is 5.75 Å². The van der Waals surface area contributed by atoms with Gasteiger partial charge in [-0.25, -0.2) is 8.42 Å². The number of aryl methyl sites for hydroxylation is 2. The second kappa shape index (κ2) is 7.84. The average molecular weight is 381 g/mol. The van der Waals surface area contributed by atoms with Gasteiger partial charge in [0.25, 0.3) is 10.0 Å². The highest BCUT2D eigenvalue weighted by Gasteiger charge is 2.25. The van der Waals surface area contributed by atoms with E-state index in [1.165, 1.54) is 4.31 Å². The molecule has 0 aliphatic carbocycles. The molecule has 4 nitrogen and oxygen atoms in total. The Balaban J connectivity index is 2.05. The van der Waals surface area contributed by atoms with Crippen molar-refractivity contribution in [3.63, 3.8) is 0 Å². The first-order chi connectivity index (χ1) is 12.9. The van der Waals surface area contributed by atoms with Gasteiger partial charge in [-0.2, -0.15) is 0 Å². The quantitative estimate of drug-likeness (QED) is 0.621. The van der Waals surface area contributed by atoms with Crippen molar-refractivity contribution in [2.75, 3.05) is 11.4 Å². The molecule has 140 valence electrons. The fourth-order valence-electron chi connectivity index (χ4n) is 2.83. The first-order valence-electron chi connectivity index (χ1n) is 8.69. The lowest BCUT2D eigenvalue weighted by atomic mass is 10.1. The molecular weight excluding hydrogens is 358 g/mol. The number of hydrogen-bond acceptors (Lipinski definition) is 3. The zero-order chi connectivity index (χ0) is 19.4. The highest BCUT2D eigenvalue weighted by Crippen LogP contribution is 2.27. The van der Waals surface area contributed by atoms with Crippen molar-refractivity contribution in [2.45, 2.75) is 25.3 Å². The third-order valence-corrected chi connectivity index (χ3v) is 6.17. The topological polar surface area (TPSA) is 46.6 Å². The highest BCUT2D eigenvalue weighted by molar-refractivity contribution is 7.92. The minimum absolute atomic E-state index is 0.233. The standard InChI is InChI=1S/C22H23NO3S/c1-17-7-9-19(10-8-17)16-23(20-6-4-5-18(2)15-20)27(24,25)22-13-11-21(26-3)12-14-22/h4-15H,16H2,1-3H3. The SMILES string of the molecule is COc1ccc(S(=O)(=O)N(Cc2ccc(C)cc2)c2cccc(C)c2)cc1. The van der Waals surface area contributed by atoms with Crippen LogP contribution in [0.1, 0.15) is 16.7 Å². The molecule has 0 saturated carbocycles. The molecule has 0 unspecified atom stereocenters. The molecule has 0 heterocycles. The van der Waals surface area contributed by atoms with Gasteiger partial charge < -0.3 is 4.74 Å². The molecular formula is C22H23NO3S. The fraction of sp³-hybridized carbons (Fsp3) is 0.182. The third-order valence-electron chi connectivity index (χ3n) is 4.38. The van der Waals surface area contributed by atoms with Gasteiger partial charge in [-0.15, -0.1) is 0 Å². The maximum Gasteiger partial charge on any atom is 0.264 e. The Morgan fingerprint density at radius 2 is 1.52 bits per heavy atom. The Bertz CT molecular complexity index is 1010. The number of sulfonamides is 1. The summed E-state index contributed by atoms with van der Waals surface area (Å²) in [7, 11) is -2.17. The zero-order valence-corrected chi connectivity index (χ0v) is 16.5. The Hall–Kier alpha value is -2.79. The van der Waals surface area contributed by atoms with E-state index in [0.29, 0.717) is 11.4 Å². The largest absolute Gasteiger partial charge is 0.497 e. The van der Waals surface area contributed by atoms with Crippen LogP contribution in [0.4, 0.5) is 5.69 Å². The van der Waals surface area contributed by atoms with E-state index in [1.807, 2.05) is 62.4 Å². The molecule has 3 aromatic rings. The summed E-state index contributed by atoms with van der Waals surface area (Å²) in [6.07, 6.45) is 0. The van der Waals surface area contributed by atoms with Crippen LogP contribution in [0.2, 0.25) is 0 Å². The number of nitrogens with zero attached hydrogens (tertiary/aromatic N) is 1. The van der Waals surface area contributed by atoms with Gasteiger partial charge in [-0.05, 0) is 61.4 Å². The van der Waals surface area contributed by atoms with Crippen molar-refractivity contribution in [3.05, 3.63) is 89.5 Å². The monoisotopic (exact) mass is 381 g/mol. The predicted octanol–water partition coefficient (Wildman–Crippen LogP) is 4.71. The molecule has 0 saturated heterocycles. The van der Waals surface area contributed by atoms with Gasteiger partial charge in [-0.1, -0.05) is 42.0 Å². The molecule has 0 atom stereocenters. The third kappa shape index (κ3) is 4.31. The number of rotatable bonds is 6. The van der Waals surface area contributed by atoms with Crippen LogP contribution >= 0.6 is 0 Å². The van der Waals surface area contributed by atoms with Crippen LogP contribution in [0.15, 0.2) is 77.7 Å². The van der Waals surface area contributed by atoms with Gasteiger partial charge >= 0.3 is 0 Å². The van der Waals surface area contributed by atoms with Crippen molar-refractivity contribution >= 4 is 15.7 Å². The second-order valence-electron chi connectivity index (χ2n) is 6.51. The van der Waals surface area contributed by atoms with Crippen LogP contribution in [-0.4, -0.2) is 15.5 Å². The molecule has 0 bridgehead atoms. The van der Waals surface area contributed by atoms with Gasteiger partial charge in [0, 0.05) is 0 Å². The van der Waals surface area contributed by atoms with E-state index in [1.54, 1.807) is 31.4 Å². The summed E-state index contributed by atoms with van der Waals surface area (Å²) < 4.78 is 33.4. The van der Waals surface area contributed by atoms with Crippen molar-refractivity contribution in [3.8, 4) is 5.75 Å². The summed E-state index contributed by atoms with van der Waals surface area (Å²) in [5.41, 5.74) is 3.72. The lowest BCUT2D eigenvalue weighted by molar-refractivity contribution is 0.414. The van der Waals surface area contributed by atoms with Crippen molar-refractivity contribution < 1.29 is 13.2 Å². The van der Waals surface area contributed by atoms with Crippen LogP contribution in [0, 0.1) is 13.8 Å². The number of ether oxygens (including phenoxy) is 1. The highest BCUT2D eigenvalue weighted by atomic mass is 32.2. The maximum atomic E-state index is 13.4. The van der Waals surface area contributed by atoms with E-state index in [-0.39, 0.29) is 11.4 Å². The van der Waals surface area contributed by atoms with Crippen LogP contribution in [-0.2, 0) is 16.6 Å². The Morgan fingerprint density at radius 1 is 0.852 bits per heavy atom. The summed E-state index contributed by atoms with van der Waals surface area (Å²) in [6, 6.07) is 21.9. The Kier molecular flexibility index (Phi) is 5.51. The summed E-state index contributed by atoms with van der Waals surface area (Å²) in [4.78, 5) is 0.233. The average Bonchev–Trinajstić information content (AvgIpc) is 2.67. The van der Waals surface area contributed by atoms with Gasteiger partial charge in [0.05, 0.1) is 24.2 Å². The molecule has 0 N–H and O–H groups in total. The molecule has 3 rings (SSSR count). The molecule has 0 radical (unpaired) electrons. The number of methoxy groups -OCH3 is 1. The fourth-order valence-corrected chi connectivity index (χ4v) is 4.28. The molecule has 3 aromatic carbocycles. The molecule has 0 fully saturated rings. The number of benzene rings is 3. The van der Waals surface area contributed by atoms with E-state index in [2.05, 4.69) is 0 Å². The maximum absolute atomic E-state index is 13.4. The van der Waals surface area contributed by atoms with Crippen molar-refractivity contribution in [1.82, 2.24) is 0 Å². The van der Waals surface area contributed by atoms with Crippen molar-refractivity contribution in [1.29, 1.82) is 0 Å². The molecule has 5 heteroatoms. The summed E-state index contributed by atoms with van der Waals surface area (Å²) in [5, 5.41) is 0. The smallest absolute Gasteiger partial charge is 0.264 e. The summed E-state index contributed by atoms with van der Waals surface area (Å²) in [6.45, 7) is 4.22. The van der Waals surface area contributed by atoms with Crippen molar-refractivity contribution in [2.24, 2.45) is 0 Å². The second-order valence-corrected chi connectivity index (χ2v) is 8.37. The molecule has 27 heavy (non-hydrogen) atoms. The lowest BCUT2D eigenvalue weighted by Gasteiger charge is -2.25. The summed E-state index contributed by atoms with van der Waals surface area (Å²) >= 11 is 0. The minimum atomic E-state index is -3.73. The Morgan fingerprint density at radius 3 is 2.11 bits per heavy atom.